The molecule has 0 spiro atoms. The van der Waals surface area contributed by atoms with Gasteiger partial charge in [0.2, 0.25) is 11.8 Å². The summed E-state index contributed by atoms with van der Waals surface area (Å²) < 4.78 is 0. The van der Waals surface area contributed by atoms with Gasteiger partial charge in [-0.05, 0) is 29.5 Å². The number of carbonyl (C=O) groups excluding carboxylic acids is 4. The molecule has 4 amide bonds. The lowest BCUT2D eigenvalue weighted by atomic mass is 10.0. The van der Waals surface area contributed by atoms with Crippen LogP contribution in [0.25, 0.3) is 0 Å². The third-order valence-electron chi connectivity index (χ3n) is 6.09. The molecule has 2 saturated heterocycles. The summed E-state index contributed by atoms with van der Waals surface area (Å²) in [6, 6.07) is 8.75. The van der Waals surface area contributed by atoms with Gasteiger partial charge in [0, 0.05) is 37.5 Å². The van der Waals surface area contributed by atoms with E-state index in [0.29, 0.717) is 17.7 Å². The summed E-state index contributed by atoms with van der Waals surface area (Å²) in [5.74, 6) is -1.88. The van der Waals surface area contributed by atoms with Crippen LogP contribution < -0.4 is 10.6 Å². The first kappa shape index (κ1) is 20.0. The molecule has 2 atom stereocenters. The predicted molar refractivity (Wildman–Crippen MR) is 113 cm³/mol. The number of hydrogen-bond acceptors (Lipinski definition) is 7. The molecule has 31 heavy (non-hydrogen) atoms. The maximum Gasteiger partial charge on any atom is 0.262 e. The minimum Gasteiger partial charge on any atom is -0.307 e. The Morgan fingerprint density at radius 2 is 1.94 bits per heavy atom. The van der Waals surface area contributed by atoms with Crippen LogP contribution in [0.3, 0.4) is 0 Å². The van der Waals surface area contributed by atoms with Crippen molar-refractivity contribution in [3.8, 4) is 0 Å². The van der Waals surface area contributed by atoms with Gasteiger partial charge >= 0.3 is 0 Å². The van der Waals surface area contributed by atoms with E-state index in [0.717, 1.165) is 30.1 Å². The summed E-state index contributed by atoms with van der Waals surface area (Å²) in [6.07, 6.45) is 0.271. The zero-order valence-corrected chi connectivity index (χ0v) is 17.6. The molecule has 160 valence electrons. The highest BCUT2D eigenvalue weighted by Crippen LogP contribution is 2.31. The molecular weight excluding hydrogens is 416 g/mol. The summed E-state index contributed by atoms with van der Waals surface area (Å²) >= 11 is 1.72. The fourth-order valence-electron chi connectivity index (χ4n) is 4.59. The number of hydrogen-bond donors (Lipinski definition) is 2. The van der Waals surface area contributed by atoms with Gasteiger partial charge in [-0.1, -0.05) is 18.2 Å². The summed E-state index contributed by atoms with van der Waals surface area (Å²) in [7, 11) is 0. The Morgan fingerprint density at radius 3 is 2.71 bits per heavy atom. The van der Waals surface area contributed by atoms with Crippen LogP contribution in [0.4, 0.5) is 0 Å². The van der Waals surface area contributed by atoms with Crippen molar-refractivity contribution in [2.45, 2.75) is 31.5 Å². The number of imide groups is 2. The molecule has 3 aliphatic rings. The standard InChI is InChI=1S/C22H22N4O4S/c27-18-7-6-16(20(28)24-18)26-21(29)14-4-1-3-13(19(14)22(26)30)11-25-9-8-23-15(12-25)17-5-2-10-31-17/h1-5,10,15-16,23H,6-9,11-12H2,(H,24,27,28). The second-order valence-corrected chi connectivity index (χ2v) is 9.02. The van der Waals surface area contributed by atoms with Crippen molar-refractivity contribution in [1.29, 1.82) is 0 Å². The van der Waals surface area contributed by atoms with E-state index in [4.69, 9.17) is 0 Å². The number of thiophene rings is 1. The lowest BCUT2D eigenvalue weighted by Gasteiger charge is -2.33. The maximum absolute atomic E-state index is 13.3. The monoisotopic (exact) mass is 438 g/mol. The molecule has 4 heterocycles. The molecular formula is C22H22N4O4S. The van der Waals surface area contributed by atoms with Gasteiger partial charge in [-0.15, -0.1) is 11.3 Å². The topological polar surface area (TPSA) is 98.8 Å². The number of benzene rings is 1. The van der Waals surface area contributed by atoms with Crippen LogP contribution in [0.15, 0.2) is 35.7 Å². The lowest BCUT2D eigenvalue weighted by molar-refractivity contribution is -0.136. The minimum absolute atomic E-state index is 0.113. The molecule has 1 aromatic heterocycles. The second-order valence-electron chi connectivity index (χ2n) is 8.04. The fraction of sp³-hybridized carbons (Fsp3) is 0.364. The first-order chi connectivity index (χ1) is 15.0. The van der Waals surface area contributed by atoms with Crippen LogP contribution >= 0.6 is 11.3 Å². The summed E-state index contributed by atoms with van der Waals surface area (Å²) in [5.41, 5.74) is 1.50. The number of fused-ring (bicyclic) bond motifs is 1. The molecule has 0 radical (unpaired) electrons. The average molecular weight is 439 g/mol. The number of nitrogens with one attached hydrogen (secondary N) is 2. The molecule has 0 aliphatic carbocycles. The van der Waals surface area contributed by atoms with E-state index in [1.807, 2.05) is 12.1 Å². The van der Waals surface area contributed by atoms with Gasteiger partial charge < -0.3 is 5.32 Å². The molecule has 2 unspecified atom stereocenters. The number of carbonyl (C=O) groups is 4. The van der Waals surface area contributed by atoms with Crippen LogP contribution in [-0.4, -0.2) is 59.1 Å². The van der Waals surface area contributed by atoms with Crippen LogP contribution in [0, 0.1) is 0 Å². The Balaban J connectivity index is 1.38. The molecule has 9 heteroatoms. The molecule has 0 saturated carbocycles. The molecule has 2 aromatic rings. The summed E-state index contributed by atoms with van der Waals surface area (Å²) in [5, 5.41) is 7.83. The van der Waals surface area contributed by atoms with Crippen LogP contribution in [0.5, 0.6) is 0 Å². The molecule has 8 nitrogen and oxygen atoms in total. The molecule has 2 fully saturated rings. The highest BCUT2D eigenvalue weighted by Gasteiger charge is 2.45. The van der Waals surface area contributed by atoms with Gasteiger partial charge in [-0.25, -0.2) is 0 Å². The normalized spacial score (nSPS) is 24.5. The molecule has 0 bridgehead atoms. The van der Waals surface area contributed by atoms with Crippen molar-refractivity contribution < 1.29 is 19.2 Å². The zero-order chi connectivity index (χ0) is 21.5. The second kappa shape index (κ2) is 7.99. The Labute approximate surface area is 183 Å². The minimum atomic E-state index is -0.944. The third-order valence-corrected chi connectivity index (χ3v) is 7.08. The number of piperidine rings is 1. The Hall–Kier alpha value is -2.88. The van der Waals surface area contributed by atoms with Gasteiger partial charge in [-0.3, -0.25) is 34.3 Å². The zero-order valence-electron chi connectivity index (χ0n) is 16.8. The average Bonchev–Trinajstić information content (AvgIpc) is 3.38. The molecule has 3 aliphatic heterocycles. The van der Waals surface area contributed by atoms with Gasteiger partial charge in [0.1, 0.15) is 6.04 Å². The predicted octanol–water partition coefficient (Wildman–Crippen LogP) is 1.30. The van der Waals surface area contributed by atoms with Gasteiger partial charge in [-0.2, -0.15) is 0 Å². The van der Waals surface area contributed by atoms with E-state index in [9.17, 15) is 19.2 Å². The molecule has 5 rings (SSSR count). The Kier molecular flexibility index (Phi) is 5.17. The van der Waals surface area contributed by atoms with Crippen molar-refractivity contribution in [3.63, 3.8) is 0 Å². The van der Waals surface area contributed by atoms with Crippen LogP contribution in [-0.2, 0) is 16.1 Å². The smallest absolute Gasteiger partial charge is 0.262 e. The quantitative estimate of drug-likeness (QED) is 0.699. The first-order valence-electron chi connectivity index (χ1n) is 10.4. The highest BCUT2D eigenvalue weighted by atomic mass is 32.1. The number of rotatable bonds is 4. The van der Waals surface area contributed by atoms with Crippen molar-refractivity contribution >= 4 is 35.0 Å². The van der Waals surface area contributed by atoms with E-state index < -0.39 is 23.8 Å². The van der Waals surface area contributed by atoms with Crippen molar-refractivity contribution in [3.05, 3.63) is 57.3 Å². The third kappa shape index (κ3) is 3.58. The van der Waals surface area contributed by atoms with Crippen molar-refractivity contribution in [1.82, 2.24) is 20.4 Å². The van der Waals surface area contributed by atoms with Crippen LogP contribution in [0.2, 0.25) is 0 Å². The van der Waals surface area contributed by atoms with Gasteiger partial charge in [0.15, 0.2) is 0 Å². The molecule has 1 aromatic carbocycles. The lowest BCUT2D eigenvalue weighted by Crippen LogP contribution is -2.54. The van der Waals surface area contributed by atoms with Crippen molar-refractivity contribution in [2.75, 3.05) is 19.6 Å². The SMILES string of the molecule is O=C1CCC(N2C(=O)c3cccc(CN4CCNC(c5cccs5)C4)c3C2=O)C(=O)N1. The van der Waals surface area contributed by atoms with E-state index in [2.05, 4.69) is 27.0 Å². The van der Waals surface area contributed by atoms with Crippen molar-refractivity contribution in [2.24, 2.45) is 0 Å². The van der Waals surface area contributed by atoms with E-state index in [1.54, 1.807) is 23.5 Å². The maximum atomic E-state index is 13.3. The fourth-order valence-corrected chi connectivity index (χ4v) is 5.39. The van der Waals surface area contributed by atoms with E-state index in [-0.39, 0.29) is 24.8 Å². The largest absolute Gasteiger partial charge is 0.307 e. The number of nitrogens with zero attached hydrogens (tertiary/aromatic N) is 2. The first-order valence-corrected chi connectivity index (χ1v) is 11.2. The van der Waals surface area contributed by atoms with E-state index in [1.165, 1.54) is 4.88 Å². The van der Waals surface area contributed by atoms with Gasteiger partial charge in [0.05, 0.1) is 17.2 Å². The van der Waals surface area contributed by atoms with E-state index >= 15 is 0 Å². The van der Waals surface area contributed by atoms with Crippen LogP contribution in [0.1, 0.15) is 50.0 Å². The number of piperazine rings is 1. The Bertz CT molecular complexity index is 1070. The molecule has 2 N–H and O–H groups in total. The summed E-state index contributed by atoms with van der Waals surface area (Å²) in [6.45, 7) is 3.04. The van der Waals surface area contributed by atoms with Gasteiger partial charge in [0.25, 0.3) is 11.8 Å². The Morgan fingerprint density at radius 1 is 1.06 bits per heavy atom. The highest BCUT2D eigenvalue weighted by molar-refractivity contribution is 7.10. The number of amides is 4. The summed E-state index contributed by atoms with van der Waals surface area (Å²) in [4.78, 5) is 54.6.